The van der Waals surface area contributed by atoms with Crippen molar-refractivity contribution >= 4 is 5.65 Å². The molecule has 0 N–H and O–H groups in total. The molecule has 0 unspecified atom stereocenters. The quantitative estimate of drug-likeness (QED) is 0.523. The number of nitrogens with zero attached hydrogens (tertiary/aromatic N) is 5. The Morgan fingerprint density at radius 1 is 0.926 bits per heavy atom. The molecule has 0 amide bonds. The summed E-state index contributed by atoms with van der Waals surface area (Å²) in [5.74, 6) is 2.62. The first-order valence-electron chi connectivity index (χ1n) is 8.34. The lowest BCUT2D eigenvalue weighted by atomic mass is 10.1. The van der Waals surface area contributed by atoms with Crippen LogP contribution in [-0.4, -0.2) is 45.5 Å². The van der Waals surface area contributed by atoms with Crippen molar-refractivity contribution in [2.45, 2.75) is 6.54 Å². The maximum absolute atomic E-state index is 5.56. The molecule has 4 rings (SSSR count). The lowest BCUT2D eigenvalue weighted by Gasteiger charge is -2.15. The second kappa shape index (κ2) is 6.99. The van der Waals surface area contributed by atoms with Gasteiger partial charge in [0.1, 0.15) is 17.9 Å². The van der Waals surface area contributed by atoms with Crippen LogP contribution in [0, 0.1) is 0 Å². The Labute approximate surface area is 156 Å². The van der Waals surface area contributed by atoms with Crippen molar-refractivity contribution in [2.24, 2.45) is 0 Å². The van der Waals surface area contributed by atoms with Gasteiger partial charge in [-0.3, -0.25) is 0 Å². The van der Waals surface area contributed by atoms with Crippen molar-refractivity contribution in [3.05, 3.63) is 54.7 Å². The Morgan fingerprint density at radius 3 is 2.48 bits per heavy atom. The Morgan fingerprint density at radius 2 is 1.70 bits per heavy atom. The Hall–Kier alpha value is -3.55. The molecule has 3 heterocycles. The molecule has 0 spiro atoms. The fourth-order valence-corrected chi connectivity index (χ4v) is 3.08. The third kappa shape index (κ3) is 2.95. The van der Waals surface area contributed by atoms with Crippen molar-refractivity contribution in [3.8, 4) is 28.6 Å². The van der Waals surface area contributed by atoms with Crippen LogP contribution in [0.2, 0.25) is 0 Å². The van der Waals surface area contributed by atoms with E-state index >= 15 is 0 Å². The summed E-state index contributed by atoms with van der Waals surface area (Å²) < 4.78 is 20.2. The van der Waals surface area contributed by atoms with E-state index in [2.05, 4.69) is 15.1 Å². The minimum atomic E-state index is 0.577. The fourth-order valence-electron chi connectivity index (χ4n) is 3.08. The first-order chi connectivity index (χ1) is 13.2. The highest BCUT2D eigenvalue weighted by molar-refractivity contribution is 5.70. The van der Waals surface area contributed by atoms with Gasteiger partial charge in [0.15, 0.2) is 17.1 Å². The zero-order valence-electron chi connectivity index (χ0n) is 15.3. The van der Waals surface area contributed by atoms with Crippen LogP contribution in [0.1, 0.15) is 5.69 Å². The molecule has 0 atom stereocenters. The lowest BCUT2D eigenvalue weighted by Crippen LogP contribution is -2.07. The molecule has 8 nitrogen and oxygen atoms in total. The molecule has 1 aromatic carbocycles. The Kier molecular flexibility index (Phi) is 4.37. The molecule has 0 saturated heterocycles. The standard InChI is InChI=1S/C19H19N5O3/c1-25-15-10-17(27-3)16(26-2)9-14(15)19-20-7-8-23(19)11-13-5-4-6-18-21-12-22-24(13)18/h4-10,12H,11H2,1-3H3. The maximum atomic E-state index is 5.56. The molecule has 0 radical (unpaired) electrons. The number of fused-ring (bicyclic) bond motifs is 1. The number of hydrogen-bond donors (Lipinski definition) is 0. The van der Waals surface area contributed by atoms with Crippen LogP contribution >= 0.6 is 0 Å². The summed E-state index contributed by atoms with van der Waals surface area (Å²) in [7, 11) is 4.82. The summed E-state index contributed by atoms with van der Waals surface area (Å²) in [6.07, 6.45) is 5.22. The third-order valence-electron chi connectivity index (χ3n) is 4.37. The molecular weight excluding hydrogens is 346 g/mol. The number of rotatable bonds is 6. The smallest absolute Gasteiger partial charge is 0.164 e. The highest BCUT2D eigenvalue weighted by atomic mass is 16.5. The minimum absolute atomic E-state index is 0.577. The second-order valence-electron chi connectivity index (χ2n) is 5.83. The van der Waals surface area contributed by atoms with Crippen molar-refractivity contribution < 1.29 is 14.2 Å². The molecule has 3 aromatic heterocycles. The Bertz CT molecular complexity index is 1090. The monoisotopic (exact) mass is 365 g/mol. The molecule has 0 aliphatic rings. The number of pyridine rings is 1. The first kappa shape index (κ1) is 16.9. The zero-order valence-corrected chi connectivity index (χ0v) is 15.3. The van der Waals surface area contributed by atoms with Gasteiger partial charge >= 0.3 is 0 Å². The summed E-state index contributed by atoms with van der Waals surface area (Å²) in [5, 5.41) is 4.30. The van der Waals surface area contributed by atoms with Crippen molar-refractivity contribution in [1.82, 2.24) is 24.1 Å². The van der Waals surface area contributed by atoms with Crippen LogP contribution in [0.5, 0.6) is 17.2 Å². The minimum Gasteiger partial charge on any atom is -0.496 e. The van der Waals surface area contributed by atoms with Gasteiger partial charge in [0.25, 0.3) is 0 Å². The van der Waals surface area contributed by atoms with Gasteiger partial charge in [0.2, 0.25) is 0 Å². The fraction of sp³-hybridized carbons (Fsp3) is 0.211. The van der Waals surface area contributed by atoms with E-state index < -0.39 is 0 Å². The van der Waals surface area contributed by atoms with Crippen LogP contribution < -0.4 is 14.2 Å². The predicted octanol–water partition coefficient (Wildman–Crippen LogP) is 2.67. The molecule has 27 heavy (non-hydrogen) atoms. The number of imidazole rings is 1. The summed E-state index contributed by atoms with van der Waals surface area (Å²) in [4.78, 5) is 8.77. The maximum Gasteiger partial charge on any atom is 0.164 e. The number of ether oxygens (including phenoxy) is 3. The highest BCUT2D eigenvalue weighted by Crippen LogP contribution is 2.39. The van der Waals surface area contributed by atoms with E-state index in [0.29, 0.717) is 23.8 Å². The van der Waals surface area contributed by atoms with E-state index in [9.17, 15) is 0 Å². The van der Waals surface area contributed by atoms with Crippen molar-refractivity contribution in [1.29, 1.82) is 0 Å². The molecule has 0 aliphatic carbocycles. The van der Waals surface area contributed by atoms with E-state index in [0.717, 1.165) is 22.7 Å². The zero-order chi connectivity index (χ0) is 18.8. The van der Waals surface area contributed by atoms with Crippen LogP contribution in [-0.2, 0) is 6.54 Å². The van der Waals surface area contributed by atoms with Gasteiger partial charge in [-0.1, -0.05) is 6.07 Å². The molecule has 0 saturated carbocycles. The van der Waals surface area contributed by atoms with Gasteiger partial charge in [0.05, 0.1) is 39.1 Å². The topological polar surface area (TPSA) is 75.7 Å². The number of benzene rings is 1. The molecule has 8 heteroatoms. The van der Waals surface area contributed by atoms with Gasteiger partial charge < -0.3 is 18.8 Å². The Balaban J connectivity index is 1.79. The van der Waals surface area contributed by atoms with Crippen molar-refractivity contribution in [2.75, 3.05) is 21.3 Å². The van der Waals surface area contributed by atoms with Gasteiger partial charge in [-0.2, -0.15) is 5.10 Å². The molecule has 4 aromatic rings. The van der Waals surface area contributed by atoms with E-state index in [-0.39, 0.29) is 0 Å². The van der Waals surface area contributed by atoms with E-state index in [1.165, 1.54) is 0 Å². The highest BCUT2D eigenvalue weighted by Gasteiger charge is 2.17. The van der Waals surface area contributed by atoms with Gasteiger partial charge in [-0.15, -0.1) is 0 Å². The van der Waals surface area contributed by atoms with E-state index in [4.69, 9.17) is 14.2 Å². The van der Waals surface area contributed by atoms with E-state index in [1.54, 1.807) is 39.9 Å². The largest absolute Gasteiger partial charge is 0.496 e. The first-order valence-corrected chi connectivity index (χ1v) is 8.34. The van der Waals surface area contributed by atoms with E-state index in [1.807, 2.05) is 39.5 Å². The molecule has 138 valence electrons. The van der Waals surface area contributed by atoms with Gasteiger partial charge in [-0.05, 0) is 18.2 Å². The van der Waals surface area contributed by atoms with Crippen LogP contribution in [0.15, 0.2) is 49.1 Å². The van der Waals surface area contributed by atoms with Crippen LogP contribution in [0.25, 0.3) is 17.0 Å². The molecule has 0 bridgehead atoms. The normalized spacial score (nSPS) is 10.9. The van der Waals surface area contributed by atoms with Crippen LogP contribution in [0.4, 0.5) is 0 Å². The summed E-state index contributed by atoms with van der Waals surface area (Å²) in [6, 6.07) is 9.56. The number of methoxy groups -OCH3 is 3. The summed E-state index contributed by atoms with van der Waals surface area (Å²) >= 11 is 0. The number of aromatic nitrogens is 5. The number of hydrogen-bond acceptors (Lipinski definition) is 6. The average Bonchev–Trinajstić information content (AvgIpc) is 3.36. The van der Waals surface area contributed by atoms with Crippen molar-refractivity contribution in [3.63, 3.8) is 0 Å². The van der Waals surface area contributed by atoms with Gasteiger partial charge in [-0.25, -0.2) is 14.5 Å². The predicted molar refractivity (Wildman–Crippen MR) is 99.4 cm³/mol. The molecule has 0 aliphatic heterocycles. The summed E-state index contributed by atoms with van der Waals surface area (Å²) in [6.45, 7) is 0.577. The summed E-state index contributed by atoms with van der Waals surface area (Å²) in [5.41, 5.74) is 2.60. The lowest BCUT2D eigenvalue weighted by molar-refractivity contribution is 0.349. The van der Waals surface area contributed by atoms with Crippen LogP contribution in [0.3, 0.4) is 0 Å². The molecule has 0 fully saturated rings. The molecular formula is C19H19N5O3. The van der Waals surface area contributed by atoms with Gasteiger partial charge in [0, 0.05) is 18.5 Å². The third-order valence-corrected chi connectivity index (χ3v) is 4.37. The second-order valence-corrected chi connectivity index (χ2v) is 5.83. The average molecular weight is 365 g/mol. The SMILES string of the molecule is COc1cc(OC)c(-c2nccn2Cc2cccc3ncnn23)cc1OC.